The Morgan fingerprint density at radius 1 is 1.20 bits per heavy atom. The van der Waals surface area contributed by atoms with Gasteiger partial charge in [-0.25, -0.2) is 0 Å². The molecule has 0 saturated heterocycles. The molecule has 1 atom stereocenters. The van der Waals surface area contributed by atoms with E-state index in [4.69, 9.17) is 4.99 Å². The lowest BCUT2D eigenvalue weighted by molar-refractivity contribution is -0.120. The summed E-state index contributed by atoms with van der Waals surface area (Å²) in [5.74, 6) is 0.847. The SMILES string of the molecule is O=C1C=C2CCCCC2N=C2c3ccccc3C=CN12. The molecule has 3 heteroatoms. The second kappa shape index (κ2) is 4.44. The van der Waals surface area contributed by atoms with Crippen LogP contribution < -0.4 is 0 Å². The number of benzene rings is 1. The minimum absolute atomic E-state index is 0.0360. The summed E-state index contributed by atoms with van der Waals surface area (Å²) in [6.45, 7) is 0. The summed E-state index contributed by atoms with van der Waals surface area (Å²) < 4.78 is 0. The van der Waals surface area contributed by atoms with Crippen LogP contribution in [0.3, 0.4) is 0 Å². The smallest absolute Gasteiger partial charge is 0.256 e. The molecule has 0 spiro atoms. The number of amides is 1. The summed E-state index contributed by atoms with van der Waals surface area (Å²) in [5, 5.41) is 0. The number of rotatable bonds is 0. The average molecular weight is 264 g/mol. The maximum absolute atomic E-state index is 12.4. The molecule has 4 rings (SSSR count). The highest BCUT2D eigenvalue weighted by Crippen LogP contribution is 2.31. The lowest BCUT2D eigenvalue weighted by atomic mass is 9.90. The third-order valence-electron chi connectivity index (χ3n) is 4.28. The first-order valence-corrected chi connectivity index (χ1v) is 7.22. The molecule has 1 unspecified atom stereocenters. The van der Waals surface area contributed by atoms with Crippen molar-refractivity contribution in [2.45, 2.75) is 31.7 Å². The molecule has 1 aliphatic carbocycles. The van der Waals surface area contributed by atoms with E-state index < -0.39 is 0 Å². The highest BCUT2D eigenvalue weighted by Gasteiger charge is 2.29. The maximum Gasteiger partial charge on any atom is 0.256 e. The Morgan fingerprint density at radius 2 is 2.10 bits per heavy atom. The van der Waals surface area contributed by atoms with Crippen LogP contribution in [0.4, 0.5) is 0 Å². The van der Waals surface area contributed by atoms with Crippen LogP contribution in [0.25, 0.3) is 6.08 Å². The molecule has 1 aromatic rings. The molecular weight excluding hydrogens is 248 g/mol. The number of fused-ring (bicyclic) bond motifs is 4. The number of carbonyl (C=O) groups is 1. The molecule has 1 fully saturated rings. The van der Waals surface area contributed by atoms with Gasteiger partial charge in [0.15, 0.2) is 0 Å². The van der Waals surface area contributed by atoms with Gasteiger partial charge < -0.3 is 0 Å². The molecule has 2 heterocycles. The van der Waals surface area contributed by atoms with Crippen molar-refractivity contribution in [2.75, 3.05) is 0 Å². The summed E-state index contributed by atoms with van der Waals surface area (Å²) in [7, 11) is 0. The normalized spacial score (nSPS) is 24.1. The quantitative estimate of drug-likeness (QED) is 0.708. The van der Waals surface area contributed by atoms with Gasteiger partial charge in [0.2, 0.25) is 0 Å². The number of carbonyl (C=O) groups excluding carboxylic acids is 1. The first kappa shape index (κ1) is 11.6. The molecular formula is C17H16N2O. The molecule has 2 aliphatic heterocycles. The van der Waals surface area contributed by atoms with Crippen LogP contribution >= 0.6 is 0 Å². The van der Waals surface area contributed by atoms with Gasteiger partial charge >= 0.3 is 0 Å². The van der Waals surface area contributed by atoms with E-state index in [2.05, 4.69) is 6.07 Å². The van der Waals surface area contributed by atoms with E-state index in [-0.39, 0.29) is 11.9 Å². The van der Waals surface area contributed by atoms with Crippen molar-refractivity contribution in [3.63, 3.8) is 0 Å². The topological polar surface area (TPSA) is 32.7 Å². The predicted octanol–water partition coefficient (Wildman–Crippen LogP) is 3.13. The molecule has 1 saturated carbocycles. The largest absolute Gasteiger partial charge is 0.269 e. The zero-order valence-electron chi connectivity index (χ0n) is 11.2. The van der Waals surface area contributed by atoms with Crippen molar-refractivity contribution >= 4 is 17.8 Å². The third kappa shape index (κ3) is 1.73. The fraction of sp³-hybridized carbons (Fsp3) is 0.294. The summed E-state index contributed by atoms with van der Waals surface area (Å²) in [5.41, 5.74) is 3.40. The van der Waals surface area contributed by atoms with Gasteiger partial charge in [-0.05, 0) is 36.5 Å². The summed E-state index contributed by atoms with van der Waals surface area (Å²) >= 11 is 0. The number of nitrogens with zero attached hydrogens (tertiary/aromatic N) is 2. The van der Waals surface area contributed by atoms with Crippen LogP contribution in [0, 0.1) is 0 Å². The zero-order chi connectivity index (χ0) is 13.5. The van der Waals surface area contributed by atoms with E-state index in [1.54, 1.807) is 11.0 Å². The van der Waals surface area contributed by atoms with Gasteiger partial charge in [0.25, 0.3) is 5.91 Å². The minimum Gasteiger partial charge on any atom is -0.269 e. The van der Waals surface area contributed by atoms with Crippen molar-refractivity contribution in [3.05, 3.63) is 53.2 Å². The summed E-state index contributed by atoms with van der Waals surface area (Å²) in [6, 6.07) is 8.32. The van der Waals surface area contributed by atoms with E-state index in [0.717, 1.165) is 29.8 Å². The fourth-order valence-electron chi connectivity index (χ4n) is 3.22. The van der Waals surface area contributed by atoms with Crippen molar-refractivity contribution < 1.29 is 4.79 Å². The lowest BCUT2D eigenvalue weighted by Crippen LogP contribution is -2.33. The highest BCUT2D eigenvalue weighted by molar-refractivity contribution is 6.15. The summed E-state index contributed by atoms with van der Waals surface area (Å²) in [4.78, 5) is 19.0. The van der Waals surface area contributed by atoms with Gasteiger partial charge in [0.1, 0.15) is 5.84 Å². The Hall–Kier alpha value is -2.16. The first-order valence-electron chi connectivity index (χ1n) is 7.22. The second-order valence-corrected chi connectivity index (χ2v) is 5.54. The fourth-order valence-corrected chi connectivity index (χ4v) is 3.22. The van der Waals surface area contributed by atoms with Crippen LogP contribution in [0.15, 0.2) is 47.1 Å². The number of amidine groups is 1. The lowest BCUT2D eigenvalue weighted by Gasteiger charge is -2.25. The van der Waals surface area contributed by atoms with Crippen LogP contribution in [-0.4, -0.2) is 22.7 Å². The van der Waals surface area contributed by atoms with E-state index in [1.165, 1.54) is 18.4 Å². The highest BCUT2D eigenvalue weighted by atomic mass is 16.2. The van der Waals surface area contributed by atoms with Gasteiger partial charge in [0, 0.05) is 17.8 Å². The maximum atomic E-state index is 12.4. The molecule has 0 N–H and O–H groups in total. The Bertz CT molecular complexity index is 669. The van der Waals surface area contributed by atoms with Crippen molar-refractivity contribution in [1.82, 2.24) is 4.90 Å². The van der Waals surface area contributed by atoms with Gasteiger partial charge in [-0.15, -0.1) is 0 Å². The van der Waals surface area contributed by atoms with Gasteiger partial charge in [-0.3, -0.25) is 14.7 Å². The van der Waals surface area contributed by atoms with Crippen LogP contribution in [0.1, 0.15) is 36.8 Å². The molecule has 0 aromatic heterocycles. The Morgan fingerprint density at radius 3 is 3.05 bits per heavy atom. The molecule has 20 heavy (non-hydrogen) atoms. The molecule has 100 valence electrons. The van der Waals surface area contributed by atoms with E-state index in [0.29, 0.717) is 0 Å². The molecule has 3 aliphatic rings. The van der Waals surface area contributed by atoms with Crippen molar-refractivity contribution in [1.29, 1.82) is 0 Å². The molecule has 3 nitrogen and oxygen atoms in total. The Balaban J connectivity index is 1.88. The van der Waals surface area contributed by atoms with Crippen LogP contribution in [-0.2, 0) is 4.79 Å². The third-order valence-corrected chi connectivity index (χ3v) is 4.28. The van der Waals surface area contributed by atoms with E-state index in [1.807, 2.05) is 30.5 Å². The average Bonchev–Trinajstić information content (AvgIpc) is 2.63. The Kier molecular flexibility index (Phi) is 2.59. The standard InChI is InChI=1S/C17H16N2O/c20-16-11-13-6-2-4-8-15(13)18-17-14-7-3-1-5-12(14)9-10-19(16)17/h1,3,5,7,9-11,15H,2,4,6,8H2. The van der Waals surface area contributed by atoms with Crippen LogP contribution in [0.2, 0.25) is 0 Å². The van der Waals surface area contributed by atoms with Crippen LogP contribution in [0.5, 0.6) is 0 Å². The summed E-state index contributed by atoms with van der Waals surface area (Å²) in [6.07, 6.45) is 10.1. The minimum atomic E-state index is 0.0360. The Labute approximate surface area is 118 Å². The molecule has 1 amide bonds. The first-order chi connectivity index (χ1) is 9.83. The molecule has 1 aromatic carbocycles. The van der Waals surface area contributed by atoms with Crippen molar-refractivity contribution in [2.24, 2.45) is 4.99 Å². The predicted molar refractivity (Wildman–Crippen MR) is 79.2 cm³/mol. The van der Waals surface area contributed by atoms with Gasteiger partial charge in [-0.1, -0.05) is 30.7 Å². The van der Waals surface area contributed by atoms with Gasteiger partial charge in [0.05, 0.1) is 6.04 Å². The number of aliphatic imine (C=N–C) groups is 1. The van der Waals surface area contributed by atoms with E-state index in [9.17, 15) is 4.79 Å². The molecule has 0 bridgehead atoms. The molecule has 0 radical (unpaired) electrons. The second-order valence-electron chi connectivity index (χ2n) is 5.54. The monoisotopic (exact) mass is 264 g/mol. The van der Waals surface area contributed by atoms with E-state index >= 15 is 0 Å². The number of hydrogen-bond acceptors (Lipinski definition) is 2. The zero-order valence-corrected chi connectivity index (χ0v) is 11.2. The van der Waals surface area contributed by atoms with Crippen molar-refractivity contribution in [3.8, 4) is 0 Å². The number of hydrogen-bond donors (Lipinski definition) is 0. The van der Waals surface area contributed by atoms with Gasteiger partial charge in [-0.2, -0.15) is 0 Å².